The van der Waals surface area contributed by atoms with Crippen molar-refractivity contribution in [1.82, 2.24) is 10.7 Å². The van der Waals surface area contributed by atoms with E-state index in [1.807, 2.05) is 16.8 Å². The minimum atomic E-state index is -0.246. The van der Waals surface area contributed by atoms with Gasteiger partial charge in [0.25, 0.3) is 0 Å². The summed E-state index contributed by atoms with van der Waals surface area (Å²) >= 11 is 6.68. The van der Waals surface area contributed by atoms with Gasteiger partial charge in [-0.2, -0.15) is 16.4 Å². The number of halogens is 1. The van der Waals surface area contributed by atoms with E-state index < -0.39 is 0 Å². The number of nitrogens with one attached hydrogen (secondary N) is 2. The molecule has 3 nitrogen and oxygen atoms in total. The minimum Gasteiger partial charge on any atom is -0.357 e. The van der Waals surface area contributed by atoms with Gasteiger partial charge in [0.15, 0.2) is 5.11 Å². The highest BCUT2D eigenvalue weighted by molar-refractivity contribution is 7.80. The van der Waals surface area contributed by atoms with E-state index in [-0.39, 0.29) is 5.82 Å². The molecule has 1 heterocycles. The number of rotatable bonds is 4. The average Bonchev–Trinajstić information content (AvgIpc) is 2.91. The molecule has 0 radical (unpaired) electrons. The van der Waals surface area contributed by atoms with E-state index in [0.29, 0.717) is 11.7 Å². The number of hydrogen-bond acceptors (Lipinski definition) is 3. The van der Waals surface area contributed by atoms with Crippen molar-refractivity contribution in [3.63, 3.8) is 0 Å². The van der Waals surface area contributed by atoms with Crippen molar-refractivity contribution in [1.29, 1.82) is 0 Å². The predicted octanol–water partition coefficient (Wildman–Crippen LogP) is 2.89. The van der Waals surface area contributed by atoms with Crippen molar-refractivity contribution in [2.75, 3.05) is 0 Å². The molecule has 0 aliphatic carbocycles. The first-order valence-electron chi connectivity index (χ1n) is 5.57. The number of thiocarbonyl (C=S) groups is 1. The first-order valence-corrected chi connectivity index (χ1v) is 6.93. The van der Waals surface area contributed by atoms with Crippen LogP contribution in [0, 0.1) is 5.82 Å². The minimum absolute atomic E-state index is 0.246. The van der Waals surface area contributed by atoms with Crippen molar-refractivity contribution < 1.29 is 4.39 Å². The van der Waals surface area contributed by atoms with Gasteiger partial charge in [-0.1, -0.05) is 12.1 Å². The number of benzene rings is 1. The smallest absolute Gasteiger partial charge is 0.187 e. The van der Waals surface area contributed by atoms with Crippen LogP contribution in [-0.2, 0) is 6.54 Å². The highest BCUT2D eigenvalue weighted by Gasteiger charge is 1.96. The number of nitrogens with zero attached hydrogens (tertiary/aromatic N) is 1. The van der Waals surface area contributed by atoms with Crippen LogP contribution in [0.4, 0.5) is 4.39 Å². The van der Waals surface area contributed by atoms with Gasteiger partial charge in [-0.25, -0.2) is 4.39 Å². The fourth-order valence-corrected chi connectivity index (χ4v) is 2.07. The van der Waals surface area contributed by atoms with Crippen molar-refractivity contribution >= 4 is 34.9 Å². The Morgan fingerprint density at radius 3 is 2.79 bits per heavy atom. The Morgan fingerprint density at radius 2 is 2.11 bits per heavy atom. The van der Waals surface area contributed by atoms with E-state index in [0.717, 1.165) is 11.1 Å². The second-order valence-electron chi connectivity index (χ2n) is 3.74. The summed E-state index contributed by atoms with van der Waals surface area (Å²) in [6, 6.07) is 8.22. The monoisotopic (exact) mass is 293 g/mol. The van der Waals surface area contributed by atoms with Gasteiger partial charge in [-0.05, 0) is 46.7 Å². The molecule has 19 heavy (non-hydrogen) atoms. The van der Waals surface area contributed by atoms with E-state index in [2.05, 4.69) is 15.8 Å². The van der Waals surface area contributed by atoms with E-state index >= 15 is 0 Å². The fourth-order valence-electron chi connectivity index (χ4n) is 1.34. The SMILES string of the molecule is Fc1ccc(CNC(=S)N/N=C\c2ccsc2)cc1. The Morgan fingerprint density at radius 1 is 1.32 bits per heavy atom. The molecule has 1 aromatic heterocycles. The normalized spacial score (nSPS) is 10.6. The lowest BCUT2D eigenvalue weighted by molar-refractivity contribution is 0.626. The van der Waals surface area contributed by atoms with Crippen molar-refractivity contribution in [2.24, 2.45) is 5.10 Å². The van der Waals surface area contributed by atoms with E-state index in [9.17, 15) is 4.39 Å². The molecule has 2 N–H and O–H groups in total. The Labute approximate surface area is 120 Å². The lowest BCUT2D eigenvalue weighted by atomic mass is 10.2. The summed E-state index contributed by atoms with van der Waals surface area (Å²) in [7, 11) is 0. The summed E-state index contributed by atoms with van der Waals surface area (Å²) in [5.41, 5.74) is 4.70. The maximum absolute atomic E-state index is 12.7. The van der Waals surface area contributed by atoms with Gasteiger partial charge < -0.3 is 5.32 Å². The summed E-state index contributed by atoms with van der Waals surface area (Å²) in [5, 5.41) is 11.4. The van der Waals surface area contributed by atoms with Crippen LogP contribution < -0.4 is 10.7 Å². The Bertz CT molecular complexity index is 550. The zero-order valence-electron chi connectivity index (χ0n) is 9.97. The quantitative estimate of drug-likeness (QED) is 0.517. The molecule has 2 rings (SSSR count). The maximum atomic E-state index is 12.7. The molecule has 0 aliphatic rings. The molecule has 0 bridgehead atoms. The summed E-state index contributed by atoms with van der Waals surface area (Å²) < 4.78 is 12.7. The number of thiophene rings is 1. The Hall–Kier alpha value is -1.79. The van der Waals surface area contributed by atoms with Gasteiger partial charge in [-0.15, -0.1) is 0 Å². The number of hydrogen-bond donors (Lipinski definition) is 2. The highest BCUT2D eigenvalue weighted by Crippen LogP contribution is 2.02. The van der Waals surface area contributed by atoms with Gasteiger partial charge in [0.2, 0.25) is 0 Å². The molecule has 6 heteroatoms. The molecule has 2 aromatic rings. The average molecular weight is 293 g/mol. The molecule has 0 fully saturated rings. The summed E-state index contributed by atoms with van der Waals surface area (Å²) in [6.45, 7) is 0.528. The standard InChI is InChI=1S/C13H12FN3S2/c14-12-3-1-10(2-4-12)7-15-13(18)17-16-8-11-5-6-19-9-11/h1-6,8-9H,7H2,(H2,15,17,18)/b16-8-. The second-order valence-corrected chi connectivity index (χ2v) is 4.92. The van der Waals surface area contributed by atoms with Crippen molar-refractivity contribution in [3.8, 4) is 0 Å². The van der Waals surface area contributed by atoms with Gasteiger partial charge in [-0.3, -0.25) is 5.43 Å². The third-order valence-electron chi connectivity index (χ3n) is 2.29. The third kappa shape index (κ3) is 4.76. The molecule has 0 unspecified atom stereocenters. The molecule has 0 atom stereocenters. The van der Waals surface area contributed by atoms with Crippen LogP contribution in [0.2, 0.25) is 0 Å². The van der Waals surface area contributed by atoms with Crippen LogP contribution in [0.1, 0.15) is 11.1 Å². The van der Waals surface area contributed by atoms with E-state index in [1.165, 1.54) is 12.1 Å². The Balaban J connectivity index is 1.74. The molecule has 1 aromatic carbocycles. The molecule has 0 saturated carbocycles. The van der Waals surface area contributed by atoms with Gasteiger partial charge in [0.1, 0.15) is 5.82 Å². The van der Waals surface area contributed by atoms with Gasteiger partial charge >= 0.3 is 0 Å². The van der Waals surface area contributed by atoms with Crippen LogP contribution in [0.3, 0.4) is 0 Å². The lowest BCUT2D eigenvalue weighted by Gasteiger charge is -2.06. The van der Waals surface area contributed by atoms with Crippen LogP contribution in [0.25, 0.3) is 0 Å². The topological polar surface area (TPSA) is 36.4 Å². The van der Waals surface area contributed by atoms with Crippen molar-refractivity contribution in [3.05, 3.63) is 58.0 Å². The molecule has 0 spiro atoms. The summed E-state index contributed by atoms with van der Waals surface area (Å²) in [6.07, 6.45) is 1.70. The lowest BCUT2D eigenvalue weighted by Crippen LogP contribution is -2.31. The van der Waals surface area contributed by atoms with Crippen LogP contribution >= 0.6 is 23.6 Å². The zero-order valence-corrected chi connectivity index (χ0v) is 11.6. The largest absolute Gasteiger partial charge is 0.357 e. The fraction of sp³-hybridized carbons (Fsp3) is 0.0769. The number of hydrazone groups is 1. The summed E-state index contributed by atoms with van der Waals surface area (Å²) in [4.78, 5) is 0. The third-order valence-corrected chi connectivity index (χ3v) is 3.23. The molecular formula is C13H12FN3S2. The predicted molar refractivity (Wildman–Crippen MR) is 80.9 cm³/mol. The van der Waals surface area contributed by atoms with Crippen LogP contribution in [-0.4, -0.2) is 11.3 Å². The zero-order chi connectivity index (χ0) is 13.5. The highest BCUT2D eigenvalue weighted by atomic mass is 32.1. The van der Waals surface area contributed by atoms with Gasteiger partial charge in [0, 0.05) is 12.1 Å². The molecular weight excluding hydrogens is 281 g/mol. The summed E-state index contributed by atoms with van der Waals surface area (Å²) in [5.74, 6) is -0.246. The van der Waals surface area contributed by atoms with Crippen molar-refractivity contribution in [2.45, 2.75) is 6.54 Å². The van der Waals surface area contributed by atoms with E-state index in [1.54, 1.807) is 29.7 Å². The molecule has 0 aliphatic heterocycles. The molecule has 0 saturated heterocycles. The molecule has 98 valence electrons. The van der Waals surface area contributed by atoms with E-state index in [4.69, 9.17) is 12.2 Å². The second kappa shape index (κ2) is 6.96. The maximum Gasteiger partial charge on any atom is 0.187 e. The van der Waals surface area contributed by atoms with Gasteiger partial charge in [0.05, 0.1) is 6.21 Å². The molecule has 0 amide bonds. The Kier molecular flexibility index (Phi) is 5.00. The van der Waals surface area contributed by atoms with Crippen LogP contribution in [0.15, 0.2) is 46.2 Å². The first kappa shape index (κ1) is 13.6. The van der Waals surface area contributed by atoms with Crippen LogP contribution in [0.5, 0.6) is 0 Å². The first-order chi connectivity index (χ1) is 9.24.